The second-order valence-corrected chi connectivity index (χ2v) is 5.85. The van der Waals surface area contributed by atoms with Crippen molar-refractivity contribution in [1.29, 1.82) is 0 Å². The molecule has 0 fully saturated rings. The van der Waals surface area contributed by atoms with Crippen molar-refractivity contribution in [1.82, 2.24) is 4.90 Å². The van der Waals surface area contributed by atoms with Crippen LogP contribution in [0, 0.1) is 11.6 Å². The van der Waals surface area contributed by atoms with E-state index in [1.165, 1.54) is 4.90 Å². The molecule has 3 nitrogen and oxygen atoms in total. The van der Waals surface area contributed by atoms with Gasteiger partial charge in [-0.05, 0) is 35.4 Å². The van der Waals surface area contributed by atoms with Gasteiger partial charge in [-0.15, -0.1) is 0 Å². The van der Waals surface area contributed by atoms with Crippen LogP contribution in [0.3, 0.4) is 0 Å². The molecule has 0 saturated heterocycles. The molecule has 0 aliphatic carbocycles. The van der Waals surface area contributed by atoms with E-state index in [-0.39, 0.29) is 4.47 Å². The predicted octanol–water partition coefficient (Wildman–Crippen LogP) is 3.47. The number of benzene rings is 2. The molecule has 0 spiro atoms. The highest BCUT2D eigenvalue weighted by atomic mass is 79.9. The third kappa shape index (κ3) is 2.51. The van der Waals surface area contributed by atoms with Gasteiger partial charge in [0.05, 0.1) is 0 Å². The van der Waals surface area contributed by atoms with Crippen molar-refractivity contribution >= 4 is 27.5 Å². The molecule has 108 valence electrons. The fourth-order valence-corrected chi connectivity index (χ4v) is 2.86. The van der Waals surface area contributed by atoms with Gasteiger partial charge in [0.15, 0.2) is 0 Å². The maximum Gasteiger partial charge on any atom is 0.260 e. The number of carbonyl (C=O) groups is 1. The minimum Gasteiger partial charge on any atom is -0.399 e. The number of amides is 1. The van der Waals surface area contributed by atoms with E-state index in [4.69, 9.17) is 5.73 Å². The van der Waals surface area contributed by atoms with Gasteiger partial charge in [0.25, 0.3) is 5.91 Å². The highest BCUT2D eigenvalue weighted by Crippen LogP contribution is 2.28. The van der Waals surface area contributed by atoms with Gasteiger partial charge in [-0.25, -0.2) is 8.78 Å². The minimum absolute atomic E-state index is 0.256. The van der Waals surface area contributed by atoms with Gasteiger partial charge in [0.2, 0.25) is 0 Å². The summed E-state index contributed by atoms with van der Waals surface area (Å²) in [6.45, 7) is 0.623. The van der Waals surface area contributed by atoms with E-state index < -0.39 is 23.1 Å². The van der Waals surface area contributed by atoms with Crippen molar-refractivity contribution in [3.63, 3.8) is 0 Å². The summed E-state index contributed by atoms with van der Waals surface area (Å²) in [4.78, 5) is 13.8. The first-order valence-corrected chi connectivity index (χ1v) is 7.06. The first-order chi connectivity index (χ1) is 9.95. The van der Waals surface area contributed by atoms with Crippen molar-refractivity contribution in [2.24, 2.45) is 0 Å². The van der Waals surface area contributed by atoms with Crippen LogP contribution >= 0.6 is 15.9 Å². The number of hydrogen-bond acceptors (Lipinski definition) is 2. The van der Waals surface area contributed by atoms with E-state index >= 15 is 0 Å². The zero-order chi connectivity index (χ0) is 15.1. The van der Waals surface area contributed by atoms with Gasteiger partial charge in [0.1, 0.15) is 17.2 Å². The smallest absolute Gasteiger partial charge is 0.260 e. The van der Waals surface area contributed by atoms with E-state index in [0.29, 0.717) is 18.8 Å². The summed E-state index contributed by atoms with van der Waals surface area (Å²) in [6, 6.07) is 7.51. The Balaban J connectivity index is 1.92. The molecule has 2 N–H and O–H groups in total. The highest BCUT2D eigenvalue weighted by molar-refractivity contribution is 9.10. The van der Waals surface area contributed by atoms with E-state index in [2.05, 4.69) is 15.9 Å². The summed E-state index contributed by atoms with van der Waals surface area (Å²) >= 11 is 2.99. The SMILES string of the molecule is Nc1ccc2c(c1)CN(C(=O)c1c(F)cc(Br)cc1F)C2. The number of nitrogens with two attached hydrogens (primary N) is 1. The van der Waals surface area contributed by atoms with E-state index in [1.54, 1.807) is 12.1 Å². The second-order valence-electron chi connectivity index (χ2n) is 4.93. The summed E-state index contributed by atoms with van der Waals surface area (Å²) < 4.78 is 28.0. The molecular weight excluding hydrogens is 342 g/mol. The van der Waals surface area contributed by atoms with Gasteiger partial charge in [-0.1, -0.05) is 22.0 Å². The van der Waals surface area contributed by atoms with Gasteiger partial charge < -0.3 is 10.6 Å². The monoisotopic (exact) mass is 352 g/mol. The molecule has 2 aromatic rings. The number of anilines is 1. The van der Waals surface area contributed by atoms with Crippen LogP contribution < -0.4 is 5.73 Å². The largest absolute Gasteiger partial charge is 0.399 e. The molecule has 1 heterocycles. The Morgan fingerprint density at radius 2 is 1.71 bits per heavy atom. The third-order valence-corrected chi connectivity index (χ3v) is 3.92. The lowest BCUT2D eigenvalue weighted by Gasteiger charge is -2.16. The number of halogens is 3. The van der Waals surface area contributed by atoms with Gasteiger partial charge >= 0.3 is 0 Å². The topological polar surface area (TPSA) is 46.3 Å². The van der Waals surface area contributed by atoms with Crippen LogP contribution in [0.4, 0.5) is 14.5 Å². The zero-order valence-corrected chi connectivity index (χ0v) is 12.5. The van der Waals surface area contributed by atoms with Crippen LogP contribution in [0.5, 0.6) is 0 Å². The number of carbonyl (C=O) groups excluding carboxylic acids is 1. The fourth-order valence-electron chi connectivity index (χ4n) is 2.46. The van der Waals surface area contributed by atoms with Gasteiger partial charge in [0, 0.05) is 23.2 Å². The standard InChI is InChI=1S/C15H11BrF2N2O/c16-10-4-12(17)14(13(18)5-10)15(21)20-6-8-1-2-11(19)3-9(8)7-20/h1-5H,6-7,19H2. The highest BCUT2D eigenvalue weighted by Gasteiger charge is 2.28. The van der Waals surface area contributed by atoms with Crippen molar-refractivity contribution < 1.29 is 13.6 Å². The molecule has 6 heteroatoms. The number of nitrogens with zero attached hydrogens (tertiary/aromatic N) is 1. The van der Waals surface area contributed by atoms with E-state index in [0.717, 1.165) is 23.3 Å². The summed E-state index contributed by atoms with van der Waals surface area (Å²) in [6.07, 6.45) is 0. The Bertz CT molecular complexity index is 725. The number of hydrogen-bond donors (Lipinski definition) is 1. The molecule has 3 rings (SSSR count). The van der Waals surface area contributed by atoms with Crippen LogP contribution in [-0.4, -0.2) is 10.8 Å². The van der Waals surface area contributed by atoms with Crippen LogP contribution in [0.25, 0.3) is 0 Å². The van der Waals surface area contributed by atoms with E-state index in [1.807, 2.05) is 6.07 Å². The molecule has 1 aliphatic rings. The zero-order valence-electron chi connectivity index (χ0n) is 10.9. The summed E-state index contributed by atoms with van der Waals surface area (Å²) in [5, 5.41) is 0. The molecule has 2 aromatic carbocycles. The Morgan fingerprint density at radius 1 is 1.10 bits per heavy atom. The first-order valence-electron chi connectivity index (χ1n) is 6.27. The molecule has 1 aliphatic heterocycles. The average molecular weight is 353 g/mol. The Labute approximate surface area is 128 Å². The van der Waals surface area contributed by atoms with Crippen molar-refractivity contribution in [3.05, 3.63) is 63.1 Å². The van der Waals surface area contributed by atoms with Crippen LogP contribution in [0.2, 0.25) is 0 Å². The number of fused-ring (bicyclic) bond motifs is 1. The van der Waals surface area contributed by atoms with Gasteiger partial charge in [-0.3, -0.25) is 4.79 Å². The summed E-state index contributed by atoms with van der Waals surface area (Å²) in [5.74, 6) is -2.41. The number of nitrogen functional groups attached to an aromatic ring is 1. The van der Waals surface area contributed by atoms with Crippen molar-refractivity contribution in [2.75, 3.05) is 5.73 Å². The predicted molar refractivity (Wildman–Crippen MR) is 78.5 cm³/mol. The molecule has 0 saturated carbocycles. The molecule has 0 bridgehead atoms. The lowest BCUT2D eigenvalue weighted by molar-refractivity contribution is 0.0741. The van der Waals surface area contributed by atoms with Crippen LogP contribution in [0.1, 0.15) is 21.5 Å². The molecule has 1 amide bonds. The Kier molecular flexibility index (Phi) is 3.41. The fraction of sp³-hybridized carbons (Fsp3) is 0.133. The summed E-state index contributed by atoms with van der Waals surface area (Å²) in [5.41, 5.74) is 7.62. The van der Waals surface area contributed by atoms with Crippen LogP contribution in [0.15, 0.2) is 34.8 Å². The minimum atomic E-state index is -0.873. The van der Waals surface area contributed by atoms with E-state index in [9.17, 15) is 13.6 Å². The lowest BCUT2D eigenvalue weighted by Crippen LogP contribution is -2.27. The maximum atomic E-state index is 13.9. The Hall–Kier alpha value is -1.95. The Morgan fingerprint density at radius 3 is 2.38 bits per heavy atom. The molecule has 0 atom stereocenters. The molecule has 0 unspecified atom stereocenters. The van der Waals surface area contributed by atoms with Gasteiger partial charge in [-0.2, -0.15) is 0 Å². The van der Waals surface area contributed by atoms with Crippen molar-refractivity contribution in [2.45, 2.75) is 13.1 Å². The molecular formula is C15H11BrF2N2O. The normalized spacial score (nSPS) is 13.4. The van der Waals surface area contributed by atoms with Crippen LogP contribution in [-0.2, 0) is 13.1 Å². The maximum absolute atomic E-state index is 13.9. The lowest BCUT2D eigenvalue weighted by atomic mass is 10.1. The molecule has 0 radical (unpaired) electrons. The summed E-state index contributed by atoms with van der Waals surface area (Å²) in [7, 11) is 0. The first kappa shape index (κ1) is 14.0. The molecule has 21 heavy (non-hydrogen) atoms. The van der Waals surface area contributed by atoms with Crippen molar-refractivity contribution in [3.8, 4) is 0 Å². The third-order valence-electron chi connectivity index (χ3n) is 3.46. The molecule has 0 aromatic heterocycles. The number of rotatable bonds is 1. The quantitative estimate of drug-likeness (QED) is 0.798. The second kappa shape index (κ2) is 5.11. The average Bonchev–Trinajstić information content (AvgIpc) is 2.80.